The molecule has 6 bridgehead atoms. The molecule has 1 unspecified atom stereocenters. The third kappa shape index (κ3) is 11.0. The molecule has 5 heterocycles. The standard InChI is InChI=1S/C55H68N8O9/c1-10-62-45-18-15-35-26-40(45)41(50(62)42-28-56-20-19-36(42)30-70-8)27-55(4,5)31-72-54(69)43-12-11-21-63(59-43)52(67)44(24-33-22-37(35)25-38(64)23-33)57-51(66)49(32(2)3)61(7)46(65)29-60(6)53(68)48-47(58-48)34-13-16-39(71-9)17-14-34/h13-20,22-23,25-26,28,32,43-44,47-49,58-59,64H,10-12,21,24,27,29-31H2,1-9H3,(H,57,66)/t43-,44-,47-,48-,49?/m0/s1. The van der Waals surface area contributed by atoms with Crippen molar-refractivity contribution in [2.45, 2.75) is 104 Å². The fourth-order valence-corrected chi connectivity index (χ4v) is 10.4. The van der Waals surface area contributed by atoms with E-state index in [0.29, 0.717) is 49.3 Å². The normalized spacial score (nSPS) is 20.3. The number of ether oxygens (including phenoxy) is 3. The third-order valence-corrected chi connectivity index (χ3v) is 14.1. The van der Waals surface area contributed by atoms with Crippen LogP contribution in [0.1, 0.15) is 75.8 Å². The number of aromatic hydroxyl groups is 1. The maximum atomic E-state index is 14.8. The van der Waals surface area contributed by atoms with Crippen LogP contribution in [0.2, 0.25) is 0 Å². The van der Waals surface area contributed by atoms with Gasteiger partial charge in [-0.15, -0.1) is 0 Å². The van der Waals surface area contributed by atoms with Gasteiger partial charge in [0.2, 0.25) is 17.7 Å². The average molecular weight is 985 g/mol. The van der Waals surface area contributed by atoms with Crippen molar-refractivity contribution in [3.05, 3.63) is 101 Å². The largest absolute Gasteiger partial charge is 0.508 e. The number of hydrogen-bond acceptors (Lipinski definition) is 12. The lowest BCUT2D eigenvalue weighted by atomic mass is 9.84. The molecule has 2 fully saturated rings. The predicted octanol–water partition coefficient (Wildman–Crippen LogP) is 5.55. The Balaban J connectivity index is 1.11. The number of nitrogens with zero attached hydrogens (tertiary/aromatic N) is 5. The molecule has 4 N–H and O–H groups in total. The van der Waals surface area contributed by atoms with E-state index < -0.39 is 59.2 Å². The Kier molecular flexibility index (Phi) is 15.4. The molecule has 0 radical (unpaired) electrons. The van der Waals surface area contributed by atoms with Gasteiger partial charge in [-0.25, -0.2) is 5.43 Å². The fourth-order valence-electron chi connectivity index (χ4n) is 10.4. The number of carbonyl (C=O) groups is 5. The van der Waals surface area contributed by atoms with Gasteiger partial charge in [-0.2, -0.15) is 0 Å². The van der Waals surface area contributed by atoms with Gasteiger partial charge < -0.3 is 39.0 Å². The summed E-state index contributed by atoms with van der Waals surface area (Å²) in [5.74, 6) is -2.03. The number of phenolic OH excluding ortho intramolecular Hbond substituents is 1. The lowest BCUT2D eigenvalue weighted by Gasteiger charge is -2.37. The zero-order valence-electron chi connectivity index (χ0n) is 42.8. The monoisotopic (exact) mass is 985 g/mol. The molecule has 3 aliphatic rings. The van der Waals surface area contributed by atoms with E-state index in [0.717, 1.165) is 44.4 Å². The van der Waals surface area contributed by atoms with Crippen LogP contribution in [-0.4, -0.2) is 131 Å². The second-order valence-electron chi connectivity index (χ2n) is 20.5. The van der Waals surface area contributed by atoms with Crippen LogP contribution in [0.3, 0.4) is 0 Å². The molecular weight excluding hydrogens is 917 g/mol. The number of likely N-dealkylation sites (N-methyl/N-ethyl adjacent to an activating group) is 2. The first-order chi connectivity index (χ1) is 34.4. The molecule has 382 valence electrons. The topological polar surface area (TPSA) is 207 Å². The number of methoxy groups -OCH3 is 2. The number of aryl methyl sites for hydroxylation is 1. The number of hydrazine groups is 1. The Morgan fingerprint density at radius 1 is 1.01 bits per heavy atom. The van der Waals surface area contributed by atoms with Crippen molar-refractivity contribution in [3.63, 3.8) is 0 Å². The van der Waals surface area contributed by atoms with E-state index in [1.165, 1.54) is 21.9 Å². The third-order valence-electron chi connectivity index (χ3n) is 14.1. The molecule has 2 saturated heterocycles. The number of esters is 1. The Hall–Kier alpha value is -6.82. The van der Waals surface area contributed by atoms with Gasteiger partial charge in [0.15, 0.2) is 0 Å². The molecule has 5 atom stereocenters. The van der Waals surface area contributed by atoms with Gasteiger partial charge in [-0.1, -0.05) is 52.0 Å². The summed E-state index contributed by atoms with van der Waals surface area (Å²) >= 11 is 0. The minimum Gasteiger partial charge on any atom is -0.508 e. The van der Waals surface area contributed by atoms with E-state index in [1.54, 1.807) is 39.6 Å². The number of carbonyl (C=O) groups excluding carboxylic acids is 5. The number of nitrogens with one attached hydrogen (secondary N) is 3. The fraction of sp³-hybridized carbons (Fsp3) is 0.455. The maximum Gasteiger partial charge on any atom is 0.324 e. The number of benzene rings is 3. The van der Waals surface area contributed by atoms with Gasteiger partial charge in [0, 0.05) is 75.0 Å². The highest BCUT2D eigenvalue weighted by Gasteiger charge is 2.45. The van der Waals surface area contributed by atoms with Gasteiger partial charge in [0.05, 0.1) is 38.6 Å². The zero-order chi connectivity index (χ0) is 51.6. The van der Waals surface area contributed by atoms with Gasteiger partial charge in [-0.05, 0) is 108 Å². The summed E-state index contributed by atoms with van der Waals surface area (Å²) in [5.41, 5.74) is 10.5. The summed E-state index contributed by atoms with van der Waals surface area (Å²) in [7, 11) is 6.33. The Bertz CT molecular complexity index is 2840. The van der Waals surface area contributed by atoms with Crippen LogP contribution in [-0.2, 0) is 59.4 Å². The van der Waals surface area contributed by atoms with Crippen LogP contribution in [0.5, 0.6) is 11.5 Å². The van der Waals surface area contributed by atoms with Gasteiger partial charge in [0.25, 0.3) is 5.91 Å². The van der Waals surface area contributed by atoms with Crippen LogP contribution in [0, 0.1) is 11.3 Å². The molecule has 17 nitrogen and oxygen atoms in total. The first kappa shape index (κ1) is 51.5. The second-order valence-corrected chi connectivity index (χ2v) is 20.5. The Labute approximate surface area is 421 Å². The minimum atomic E-state index is -1.20. The zero-order valence-corrected chi connectivity index (χ0v) is 42.8. The van der Waals surface area contributed by atoms with E-state index in [9.17, 15) is 29.1 Å². The summed E-state index contributed by atoms with van der Waals surface area (Å²) in [6, 6.07) is 17.0. The molecule has 8 rings (SSSR count). The summed E-state index contributed by atoms with van der Waals surface area (Å²) in [6.07, 6.45) is 5.05. The van der Waals surface area contributed by atoms with Crippen molar-refractivity contribution in [1.82, 2.24) is 40.4 Å². The number of fused-ring (bicyclic) bond motifs is 6. The molecule has 72 heavy (non-hydrogen) atoms. The molecule has 5 aromatic rings. The highest BCUT2D eigenvalue weighted by atomic mass is 16.5. The Morgan fingerprint density at radius 3 is 2.49 bits per heavy atom. The maximum absolute atomic E-state index is 14.8. The van der Waals surface area contributed by atoms with Crippen LogP contribution in [0.4, 0.5) is 0 Å². The molecule has 0 saturated carbocycles. The summed E-state index contributed by atoms with van der Waals surface area (Å²) < 4.78 is 19.3. The number of hydrogen-bond donors (Lipinski definition) is 4. The molecule has 2 aromatic heterocycles. The molecule has 17 heteroatoms. The number of aromatic nitrogens is 2. The summed E-state index contributed by atoms with van der Waals surface area (Å²) in [4.78, 5) is 78.0. The molecular formula is C55H68N8O9. The van der Waals surface area contributed by atoms with Crippen LogP contribution in [0.15, 0.2) is 79.1 Å². The van der Waals surface area contributed by atoms with Crippen molar-refractivity contribution in [1.29, 1.82) is 0 Å². The van der Waals surface area contributed by atoms with Crippen LogP contribution in [0.25, 0.3) is 33.3 Å². The van der Waals surface area contributed by atoms with E-state index in [4.69, 9.17) is 14.2 Å². The smallest absolute Gasteiger partial charge is 0.324 e. The predicted molar refractivity (Wildman–Crippen MR) is 272 cm³/mol. The van der Waals surface area contributed by atoms with Crippen LogP contribution < -0.4 is 20.8 Å². The number of rotatable bonds is 13. The van der Waals surface area contributed by atoms with Crippen molar-refractivity contribution in [2.24, 2.45) is 11.3 Å². The first-order valence-corrected chi connectivity index (χ1v) is 24.8. The quantitative estimate of drug-likeness (QED) is 0.0847. The van der Waals surface area contributed by atoms with E-state index >= 15 is 0 Å². The lowest BCUT2D eigenvalue weighted by Crippen LogP contribution is -2.62. The molecule has 4 amide bonds. The molecule has 3 aromatic carbocycles. The van der Waals surface area contributed by atoms with Gasteiger partial charge in [-0.3, -0.25) is 39.3 Å². The molecule has 3 aliphatic heterocycles. The second kappa shape index (κ2) is 21.5. The van der Waals surface area contributed by atoms with Gasteiger partial charge >= 0.3 is 5.97 Å². The highest BCUT2D eigenvalue weighted by Crippen LogP contribution is 2.41. The van der Waals surface area contributed by atoms with E-state index in [1.807, 2.05) is 62.5 Å². The van der Waals surface area contributed by atoms with E-state index in [2.05, 4.69) is 58.5 Å². The number of pyridine rings is 1. The minimum absolute atomic E-state index is 0.0260. The SMILES string of the molecule is CCn1c(-c2cnccc2COC)c2c3cc(ccc31)-c1cc(O)cc(c1)C[C@H](NC(=O)C(C(C)C)N(C)C(=O)CN(C)C(=O)[C@H]1N[C@H]1c1ccc(OC)cc1)C(=O)N1CCC[C@H](N1)C(=O)OCC(C)(C)C2. The number of amides is 4. The van der Waals surface area contributed by atoms with Crippen molar-refractivity contribution >= 4 is 40.5 Å². The number of cyclic esters (lactones) is 1. The van der Waals surface area contributed by atoms with Gasteiger partial charge in [0.1, 0.15) is 35.7 Å². The number of phenols is 1. The van der Waals surface area contributed by atoms with Crippen molar-refractivity contribution in [2.75, 3.05) is 48.0 Å². The van der Waals surface area contributed by atoms with Crippen molar-refractivity contribution in [3.8, 4) is 33.9 Å². The first-order valence-electron chi connectivity index (χ1n) is 24.8. The van der Waals surface area contributed by atoms with Crippen LogP contribution >= 0.6 is 0 Å². The molecule has 0 aliphatic carbocycles. The molecule has 0 spiro atoms. The summed E-state index contributed by atoms with van der Waals surface area (Å²) in [5, 5.41) is 19.9. The van der Waals surface area contributed by atoms with Crippen molar-refractivity contribution < 1.29 is 43.3 Å². The highest BCUT2D eigenvalue weighted by molar-refractivity contribution is 5.96. The van der Waals surface area contributed by atoms with E-state index in [-0.39, 0.29) is 43.8 Å². The average Bonchev–Trinajstić information content (AvgIpc) is 4.11. The summed E-state index contributed by atoms with van der Waals surface area (Å²) in [6.45, 7) is 11.0. The lowest BCUT2D eigenvalue weighted by molar-refractivity contribution is -0.155. The Morgan fingerprint density at radius 2 is 1.78 bits per heavy atom.